The lowest BCUT2D eigenvalue weighted by molar-refractivity contribution is -0.247. The normalized spacial score (nSPS) is 45.2. The second kappa shape index (κ2) is 4.55. The maximum atomic E-state index is 6.39. The fourth-order valence-electron chi connectivity index (χ4n) is 4.81. The minimum Gasteiger partial charge on any atom is -0.347 e. The molecule has 2 heteroatoms. The van der Waals surface area contributed by atoms with Crippen molar-refractivity contribution in [1.29, 1.82) is 0 Å². The molecule has 0 aliphatic heterocycles. The maximum Gasteiger partial charge on any atom is 0.158 e. The molecule has 4 fully saturated rings. The fraction of sp³-hybridized carbons (Fsp3) is 0.933. The molecule has 1 unspecified atom stereocenters. The molecule has 4 aliphatic carbocycles. The summed E-state index contributed by atoms with van der Waals surface area (Å²) in [6.07, 6.45) is 9.23. The van der Waals surface area contributed by atoms with Gasteiger partial charge in [0.1, 0.15) is 0 Å². The van der Waals surface area contributed by atoms with Crippen LogP contribution in [-0.2, 0) is 9.47 Å². The van der Waals surface area contributed by atoms with E-state index >= 15 is 0 Å². The van der Waals surface area contributed by atoms with Crippen LogP contribution in [0.2, 0.25) is 0 Å². The summed E-state index contributed by atoms with van der Waals surface area (Å²) >= 11 is 0. The third-order valence-electron chi connectivity index (χ3n) is 4.98. The average Bonchev–Trinajstić information content (AvgIpc) is 2.26. The van der Waals surface area contributed by atoms with Gasteiger partial charge in [-0.05, 0) is 69.6 Å². The van der Waals surface area contributed by atoms with E-state index in [1.165, 1.54) is 38.5 Å². The van der Waals surface area contributed by atoms with Gasteiger partial charge in [-0.3, -0.25) is 0 Å². The van der Waals surface area contributed by atoms with E-state index in [0.717, 1.165) is 24.2 Å². The zero-order valence-electron chi connectivity index (χ0n) is 11.2. The lowest BCUT2D eigenvalue weighted by Crippen LogP contribution is -2.53. The Kier molecular flexibility index (Phi) is 3.20. The van der Waals surface area contributed by atoms with Crippen LogP contribution in [0.3, 0.4) is 0 Å². The van der Waals surface area contributed by atoms with Crippen LogP contribution in [0.4, 0.5) is 0 Å². The summed E-state index contributed by atoms with van der Waals surface area (Å²) in [7, 11) is 0. The summed E-state index contributed by atoms with van der Waals surface area (Å²) in [4.78, 5) is 0. The van der Waals surface area contributed by atoms with Crippen molar-refractivity contribution < 1.29 is 9.47 Å². The Hall–Kier alpha value is -0.0800. The molecular weight excluding hydrogens is 212 g/mol. The van der Waals surface area contributed by atoms with Crippen LogP contribution in [-0.4, -0.2) is 11.9 Å². The van der Waals surface area contributed by atoms with Crippen LogP contribution in [0.15, 0.2) is 0 Å². The Morgan fingerprint density at radius 3 is 2.06 bits per heavy atom. The molecule has 0 spiro atoms. The Morgan fingerprint density at radius 1 is 1.12 bits per heavy atom. The highest BCUT2D eigenvalue weighted by molar-refractivity contribution is 5.03. The van der Waals surface area contributed by atoms with Gasteiger partial charge in [0, 0.05) is 0 Å². The van der Waals surface area contributed by atoms with Gasteiger partial charge in [-0.1, -0.05) is 6.92 Å². The van der Waals surface area contributed by atoms with Crippen LogP contribution < -0.4 is 0 Å². The molecular formula is C15H25O2. The van der Waals surface area contributed by atoms with Gasteiger partial charge < -0.3 is 9.47 Å². The highest BCUT2D eigenvalue weighted by Crippen LogP contribution is 2.57. The first kappa shape index (κ1) is 12.0. The molecule has 4 aliphatic rings. The molecule has 1 atom stereocenters. The molecule has 0 heterocycles. The second-order valence-electron chi connectivity index (χ2n) is 6.43. The number of hydrogen-bond donors (Lipinski definition) is 0. The highest BCUT2D eigenvalue weighted by Gasteiger charge is 2.52. The predicted molar refractivity (Wildman–Crippen MR) is 67.1 cm³/mol. The quantitative estimate of drug-likeness (QED) is 0.675. The van der Waals surface area contributed by atoms with Gasteiger partial charge >= 0.3 is 0 Å². The summed E-state index contributed by atoms with van der Waals surface area (Å²) in [5.41, 5.74) is 0.179. The van der Waals surface area contributed by atoms with Gasteiger partial charge in [0.25, 0.3) is 0 Å². The molecule has 0 aromatic rings. The smallest absolute Gasteiger partial charge is 0.158 e. The lowest BCUT2D eigenvalue weighted by atomic mass is 9.54. The first-order valence-corrected chi connectivity index (χ1v) is 7.34. The Balaban J connectivity index is 1.69. The molecule has 4 saturated carbocycles. The minimum atomic E-state index is -0.0174. The first-order valence-electron chi connectivity index (χ1n) is 7.34. The summed E-state index contributed by atoms with van der Waals surface area (Å²) in [5.74, 6) is 2.85. The van der Waals surface area contributed by atoms with Crippen molar-refractivity contribution in [3.05, 3.63) is 6.61 Å². The average molecular weight is 237 g/mol. The van der Waals surface area contributed by atoms with Gasteiger partial charge in [-0.25, -0.2) is 0 Å². The standard InChI is InChI=1S/C15H25O2/c1-3-14(16-4-2)17-15-8-11-5-12(9-15)7-13(6-11)10-15/h4,11-14H,3,5-10H2,1-2H3. The predicted octanol–water partition coefficient (Wildman–Crippen LogP) is 3.91. The monoisotopic (exact) mass is 237 g/mol. The van der Waals surface area contributed by atoms with Crippen molar-refractivity contribution in [2.45, 2.75) is 70.7 Å². The number of rotatable bonds is 5. The Bertz CT molecular complexity index is 239. The third kappa shape index (κ3) is 2.26. The van der Waals surface area contributed by atoms with Crippen molar-refractivity contribution in [2.75, 3.05) is 0 Å². The molecule has 0 aromatic carbocycles. The van der Waals surface area contributed by atoms with E-state index in [1.54, 1.807) is 6.61 Å². The fourth-order valence-corrected chi connectivity index (χ4v) is 4.81. The van der Waals surface area contributed by atoms with Crippen molar-refractivity contribution in [2.24, 2.45) is 17.8 Å². The van der Waals surface area contributed by atoms with E-state index in [9.17, 15) is 0 Å². The number of hydrogen-bond acceptors (Lipinski definition) is 2. The van der Waals surface area contributed by atoms with Gasteiger partial charge in [-0.15, -0.1) is 0 Å². The Labute approximate surface area is 105 Å². The van der Waals surface area contributed by atoms with Crippen molar-refractivity contribution in [1.82, 2.24) is 0 Å². The van der Waals surface area contributed by atoms with Crippen LogP contribution in [0, 0.1) is 24.4 Å². The van der Waals surface area contributed by atoms with E-state index in [-0.39, 0.29) is 11.9 Å². The van der Waals surface area contributed by atoms with Crippen molar-refractivity contribution in [3.8, 4) is 0 Å². The topological polar surface area (TPSA) is 18.5 Å². The molecule has 17 heavy (non-hydrogen) atoms. The molecule has 4 bridgehead atoms. The van der Waals surface area contributed by atoms with E-state index in [4.69, 9.17) is 9.47 Å². The Morgan fingerprint density at radius 2 is 1.65 bits per heavy atom. The molecule has 0 saturated heterocycles. The molecule has 0 aromatic heterocycles. The van der Waals surface area contributed by atoms with Crippen LogP contribution in [0.1, 0.15) is 58.8 Å². The maximum absolute atomic E-state index is 6.39. The summed E-state index contributed by atoms with van der Waals surface area (Å²) in [6.45, 7) is 5.86. The molecule has 2 nitrogen and oxygen atoms in total. The van der Waals surface area contributed by atoms with Gasteiger partial charge in [0.15, 0.2) is 6.29 Å². The summed E-state index contributed by atoms with van der Waals surface area (Å²) < 4.78 is 12.0. The molecule has 0 N–H and O–H groups in total. The van der Waals surface area contributed by atoms with Crippen molar-refractivity contribution in [3.63, 3.8) is 0 Å². The highest BCUT2D eigenvalue weighted by atomic mass is 16.7. The summed E-state index contributed by atoms with van der Waals surface area (Å²) in [6, 6.07) is 0. The van der Waals surface area contributed by atoms with Gasteiger partial charge in [0.2, 0.25) is 0 Å². The third-order valence-corrected chi connectivity index (χ3v) is 4.98. The van der Waals surface area contributed by atoms with Crippen LogP contribution in [0.5, 0.6) is 0 Å². The van der Waals surface area contributed by atoms with E-state index in [2.05, 4.69) is 6.92 Å². The van der Waals surface area contributed by atoms with Crippen LogP contribution >= 0.6 is 0 Å². The van der Waals surface area contributed by atoms with Crippen LogP contribution in [0.25, 0.3) is 0 Å². The molecule has 4 rings (SSSR count). The zero-order chi connectivity index (χ0) is 11.9. The van der Waals surface area contributed by atoms with Crippen molar-refractivity contribution >= 4 is 0 Å². The van der Waals surface area contributed by atoms with Gasteiger partial charge in [-0.2, -0.15) is 0 Å². The first-order chi connectivity index (χ1) is 8.23. The SMILES string of the molecule is C[CH]OC(CC)OC12CC3CC(CC(C3)C1)C2. The summed E-state index contributed by atoms with van der Waals surface area (Å²) in [5, 5.41) is 0. The molecule has 0 amide bonds. The minimum absolute atomic E-state index is 0.0174. The van der Waals surface area contributed by atoms with E-state index in [0.29, 0.717) is 0 Å². The lowest BCUT2D eigenvalue weighted by Gasteiger charge is -2.56. The van der Waals surface area contributed by atoms with Gasteiger partial charge in [0.05, 0.1) is 12.2 Å². The molecule has 1 radical (unpaired) electrons. The van der Waals surface area contributed by atoms with E-state index < -0.39 is 0 Å². The largest absolute Gasteiger partial charge is 0.347 e. The van der Waals surface area contributed by atoms with E-state index in [1.807, 2.05) is 6.92 Å². The molecule has 97 valence electrons. The number of ether oxygens (including phenoxy) is 2. The second-order valence-corrected chi connectivity index (χ2v) is 6.43. The zero-order valence-corrected chi connectivity index (χ0v) is 11.2.